The van der Waals surface area contributed by atoms with Crippen LogP contribution in [0, 0.1) is 23.2 Å². The van der Waals surface area contributed by atoms with Crippen LogP contribution in [0.5, 0.6) is 0 Å². The number of hydrogen-bond donors (Lipinski definition) is 1. The second-order valence-electron chi connectivity index (χ2n) is 9.34. The minimum atomic E-state index is -0.712. The minimum Gasteiger partial charge on any atom is -0.453 e. The van der Waals surface area contributed by atoms with Gasteiger partial charge in [0.25, 0.3) is 5.56 Å². The van der Waals surface area contributed by atoms with Gasteiger partial charge in [0.2, 0.25) is 0 Å². The van der Waals surface area contributed by atoms with Crippen LogP contribution in [0.4, 0.5) is 0 Å². The third kappa shape index (κ3) is 3.16. The van der Waals surface area contributed by atoms with E-state index >= 15 is 0 Å². The highest BCUT2D eigenvalue weighted by Crippen LogP contribution is 2.60. The first-order valence-corrected chi connectivity index (χ1v) is 10.8. The number of carbonyl (C=O) groups excluding carboxylic acids is 2. The molecule has 0 saturated heterocycles. The van der Waals surface area contributed by atoms with Gasteiger partial charge in [0, 0.05) is 10.8 Å². The molecule has 4 saturated carbocycles. The molecule has 4 aliphatic rings. The number of esters is 1. The smallest absolute Gasteiger partial charge is 0.359 e. The number of aliphatic hydroxyl groups excluding tert-OH is 1. The number of aromatic nitrogens is 2. The second kappa shape index (κ2) is 7.30. The Labute approximate surface area is 174 Å². The molecule has 0 aliphatic heterocycles. The van der Waals surface area contributed by atoms with E-state index < -0.39 is 5.97 Å². The molecule has 30 heavy (non-hydrogen) atoms. The first-order chi connectivity index (χ1) is 14.5. The van der Waals surface area contributed by atoms with Crippen molar-refractivity contribution < 1.29 is 19.4 Å². The topological polar surface area (TPSA) is 98.5 Å². The SMILES string of the molecule is O=C(OCC(=O)C12CC3CC(CC(C3)C1)C2)c1nn(CCO)c(=O)c2ccccc12. The van der Waals surface area contributed by atoms with Gasteiger partial charge in [0.05, 0.1) is 18.5 Å². The predicted molar refractivity (Wildman–Crippen MR) is 109 cm³/mol. The molecule has 0 radical (unpaired) electrons. The molecule has 0 atom stereocenters. The number of rotatable bonds is 6. The van der Waals surface area contributed by atoms with E-state index in [2.05, 4.69) is 5.10 Å². The van der Waals surface area contributed by atoms with E-state index in [9.17, 15) is 19.5 Å². The lowest BCUT2D eigenvalue weighted by atomic mass is 9.48. The van der Waals surface area contributed by atoms with E-state index in [1.807, 2.05) is 0 Å². The first kappa shape index (κ1) is 19.4. The largest absolute Gasteiger partial charge is 0.453 e. The summed E-state index contributed by atoms with van der Waals surface area (Å²) in [5.74, 6) is 1.24. The van der Waals surface area contributed by atoms with Crippen LogP contribution in [-0.4, -0.2) is 39.9 Å². The summed E-state index contributed by atoms with van der Waals surface area (Å²) in [4.78, 5) is 38.5. The number of ketones is 1. The first-order valence-electron chi connectivity index (χ1n) is 10.8. The third-order valence-corrected chi connectivity index (χ3v) is 7.34. The summed E-state index contributed by atoms with van der Waals surface area (Å²) in [6.45, 7) is -0.541. The van der Waals surface area contributed by atoms with Crippen molar-refractivity contribution >= 4 is 22.5 Å². The van der Waals surface area contributed by atoms with Crippen molar-refractivity contribution in [3.8, 4) is 0 Å². The summed E-state index contributed by atoms with van der Waals surface area (Å²) in [6, 6.07) is 6.69. The van der Waals surface area contributed by atoms with Crippen molar-refractivity contribution in [2.75, 3.05) is 13.2 Å². The molecule has 0 spiro atoms. The minimum absolute atomic E-state index is 0.00281. The molecule has 6 rings (SSSR count). The molecule has 1 N–H and O–H groups in total. The molecule has 0 amide bonds. The normalized spacial score (nSPS) is 29.3. The van der Waals surface area contributed by atoms with Gasteiger partial charge in [0.15, 0.2) is 18.1 Å². The van der Waals surface area contributed by atoms with Crippen LogP contribution in [0.3, 0.4) is 0 Å². The monoisotopic (exact) mass is 410 g/mol. The summed E-state index contributed by atoms with van der Waals surface area (Å²) < 4.78 is 6.50. The van der Waals surface area contributed by atoms with Gasteiger partial charge < -0.3 is 9.84 Å². The zero-order valence-corrected chi connectivity index (χ0v) is 16.9. The summed E-state index contributed by atoms with van der Waals surface area (Å²) in [5, 5.41) is 14.1. The molecular formula is C23H26N2O5. The van der Waals surface area contributed by atoms with Crippen LogP contribution in [0.2, 0.25) is 0 Å². The Morgan fingerprint density at radius 3 is 2.27 bits per heavy atom. The zero-order chi connectivity index (χ0) is 20.9. The fourth-order valence-corrected chi connectivity index (χ4v) is 6.44. The highest BCUT2D eigenvalue weighted by atomic mass is 16.5. The van der Waals surface area contributed by atoms with Crippen LogP contribution in [-0.2, 0) is 16.1 Å². The van der Waals surface area contributed by atoms with Crippen molar-refractivity contribution in [2.45, 2.75) is 45.1 Å². The molecule has 0 unspecified atom stereocenters. The number of fused-ring (bicyclic) bond motifs is 1. The maximum absolute atomic E-state index is 13.1. The fraction of sp³-hybridized carbons (Fsp3) is 0.565. The number of nitrogens with zero attached hydrogens (tertiary/aromatic N) is 2. The maximum atomic E-state index is 13.1. The molecule has 4 aliphatic carbocycles. The molecule has 2 aromatic rings. The van der Waals surface area contributed by atoms with Gasteiger partial charge in [-0.2, -0.15) is 5.10 Å². The summed E-state index contributed by atoms with van der Waals surface area (Å²) in [7, 11) is 0. The van der Waals surface area contributed by atoms with E-state index in [1.54, 1.807) is 24.3 Å². The van der Waals surface area contributed by atoms with Crippen LogP contribution in [0.25, 0.3) is 10.8 Å². The number of ether oxygens (including phenoxy) is 1. The average Bonchev–Trinajstić information content (AvgIpc) is 2.73. The highest BCUT2D eigenvalue weighted by Gasteiger charge is 2.54. The van der Waals surface area contributed by atoms with Crippen molar-refractivity contribution in [3.05, 3.63) is 40.3 Å². The quantitative estimate of drug-likeness (QED) is 0.734. The van der Waals surface area contributed by atoms with Crippen LogP contribution in [0.15, 0.2) is 29.1 Å². The Kier molecular flexibility index (Phi) is 4.73. The van der Waals surface area contributed by atoms with Crippen LogP contribution < -0.4 is 5.56 Å². The van der Waals surface area contributed by atoms with Gasteiger partial charge in [-0.25, -0.2) is 9.48 Å². The molecule has 1 heterocycles. The second-order valence-corrected chi connectivity index (χ2v) is 9.34. The Morgan fingerprint density at radius 1 is 1.07 bits per heavy atom. The van der Waals surface area contributed by atoms with Crippen molar-refractivity contribution in [1.82, 2.24) is 9.78 Å². The summed E-state index contributed by atoms with van der Waals surface area (Å²) >= 11 is 0. The van der Waals surface area contributed by atoms with Crippen molar-refractivity contribution in [2.24, 2.45) is 23.2 Å². The predicted octanol–water partition coefficient (Wildman–Crippen LogP) is 2.33. The Balaban J connectivity index is 1.37. The number of benzene rings is 1. The van der Waals surface area contributed by atoms with Crippen LogP contribution in [0.1, 0.15) is 49.0 Å². The third-order valence-electron chi connectivity index (χ3n) is 7.34. The van der Waals surface area contributed by atoms with Gasteiger partial charge in [0.1, 0.15) is 0 Å². The molecule has 1 aromatic heterocycles. The molecule has 4 bridgehead atoms. The number of hydrogen-bond acceptors (Lipinski definition) is 6. The number of Topliss-reactive ketones (excluding diaryl/α,β-unsaturated/α-hetero) is 1. The standard InChI is InChI=1S/C23H26N2O5/c26-6-5-25-21(28)18-4-2-1-3-17(18)20(24-25)22(29)30-13-19(27)23-10-14-7-15(11-23)9-16(8-14)12-23/h1-4,14-16,26H,5-13H2. The highest BCUT2D eigenvalue weighted by molar-refractivity contribution is 6.02. The molecular weight excluding hydrogens is 384 g/mol. The van der Waals surface area contributed by atoms with E-state index in [0.717, 1.165) is 23.9 Å². The van der Waals surface area contributed by atoms with E-state index in [1.165, 1.54) is 19.3 Å². The lowest BCUT2D eigenvalue weighted by Gasteiger charge is -2.55. The lowest BCUT2D eigenvalue weighted by Crippen LogP contribution is -2.51. The Bertz CT molecular complexity index is 1040. The maximum Gasteiger partial charge on any atom is 0.359 e. The summed E-state index contributed by atoms with van der Waals surface area (Å²) in [5.41, 5.74) is -0.696. The molecule has 7 nitrogen and oxygen atoms in total. The van der Waals surface area contributed by atoms with E-state index in [-0.39, 0.29) is 42.2 Å². The summed E-state index contributed by atoms with van der Waals surface area (Å²) in [6.07, 6.45) is 6.52. The van der Waals surface area contributed by atoms with Gasteiger partial charge >= 0.3 is 5.97 Å². The number of carbonyl (C=O) groups is 2. The van der Waals surface area contributed by atoms with Gasteiger partial charge in [-0.15, -0.1) is 0 Å². The Hall–Kier alpha value is -2.54. The molecule has 1 aromatic carbocycles. The zero-order valence-electron chi connectivity index (χ0n) is 16.9. The fourth-order valence-electron chi connectivity index (χ4n) is 6.44. The lowest BCUT2D eigenvalue weighted by molar-refractivity contribution is -0.147. The average molecular weight is 410 g/mol. The Morgan fingerprint density at radius 2 is 1.67 bits per heavy atom. The van der Waals surface area contributed by atoms with E-state index in [0.29, 0.717) is 28.5 Å². The molecule has 7 heteroatoms. The molecule has 158 valence electrons. The van der Waals surface area contributed by atoms with Crippen molar-refractivity contribution in [3.63, 3.8) is 0 Å². The van der Waals surface area contributed by atoms with E-state index in [4.69, 9.17) is 4.74 Å². The van der Waals surface area contributed by atoms with Crippen LogP contribution >= 0.6 is 0 Å². The number of aliphatic hydroxyl groups is 1. The van der Waals surface area contributed by atoms with Gasteiger partial charge in [-0.3, -0.25) is 9.59 Å². The van der Waals surface area contributed by atoms with Gasteiger partial charge in [-0.05, 0) is 62.3 Å². The van der Waals surface area contributed by atoms with Crippen molar-refractivity contribution in [1.29, 1.82) is 0 Å². The molecule has 4 fully saturated rings. The van der Waals surface area contributed by atoms with Gasteiger partial charge in [-0.1, -0.05) is 18.2 Å².